The van der Waals surface area contributed by atoms with Crippen LogP contribution in [0, 0.1) is 5.92 Å². The molecule has 1 unspecified atom stereocenters. The molecule has 3 nitrogen and oxygen atoms in total. The number of likely N-dealkylation sites (tertiary alicyclic amines) is 1. The predicted octanol–water partition coefficient (Wildman–Crippen LogP) is 1.01. The Kier molecular flexibility index (Phi) is 3.79. The van der Waals surface area contributed by atoms with Gasteiger partial charge in [0.25, 0.3) is 0 Å². The molecule has 16 heavy (non-hydrogen) atoms. The summed E-state index contributed by atoms with van der Waals surface area (Å²) in [4.78, 5) is 2.58. The molecule has 0 aromatic carbocycles. The average Bonchev–Trinajstić information content (AvgIpc) is 2.94. The van der Waals surface area contributed by atoms with Gasteiger partial charge in [-0.1, -0.05) is 0 Å². The summed E-state index contributed by atoms with van der Waals surface area (Å²) in [6.45, 7) is 4.37. The monoisotopic (exact) mass is 246 g/mol. The van der Waals surface area contributed by atoms with E-state index in [1.807, 2.05) is 0 Å². The molecule has 1 atom stereocenters. The summed E-state index contributed by atoms with van der Waals surface area (Å²) < 4.78 is 0. The first-order valence-corrected chi connectivity index (χ1v) is 6.45. The van der Waals surface area contributed by atoms with Crippen LogP contribution < -0.4 is 5.32 Å². The fourth-order valence-corrected chi connectivity index (χ4v) is 3.24. The van der Waals surface area contributed by atoms with Crippen LogP contribution in [0.5, 0.6) is 0 Å². The van der Waals surface area contributed by atoms with Crippen molar-refractivity contribution < 1.29 is 5.11 Å². The van der Waals surface area contributed by atoms with Crippen LogP contribution in [0.15, 0.2) is 0 Å². The molecule has 2 aliphatic heterocycles. The van der Waals surface area contributed by atoms with Gasteiger partial charge in [0.15, 0.2) is 0 Å². The molecule has 0 bridgehead atoms. The lowest BCUT2D eigenvalue weighted by molar-refractivity contribution is -0.0625. The molecular formula is C12H23ClN2O. The first-order chi connectivity index (χ1) is 7.28. The van der Waals surface area contributed by atoms with Gasteiger partial charge in [0.05, 0.1) is 5.60 Å². The average molecular weight is 247 g/mol. The number of aliphatic hydroxyl groups is 1. The second-order valence-corrected chi connectivity index (χ2v) is 5.56. The molecule has 1 saturated carbocycles. The van der Waals surface area contributed by atoms with E-state index in [0.29, 0.717) is 5.92 Å². The number of hydrogen-bond acceptors (Lipinski definition) is 3. The number of piperidine rings is 1. The van der Waals surface area contributed by atoms with Gasteiger partial charge in [-0.05, 0) is 38.6 Å². The minimum atomic E-state index is -0.352. The lowest BCUT2D eigenvalue weighted by atomic mass is 9.79. The Balaban J connectivity index is 0.000000963. The minimum absolute atomic E-state index is 0. The molecule has 2 heterocycles. The van der Waals surface area contributed by atoms with Gasteiger partial charge in [0.2, 0.25) is 0 Å². The topological polar surface area (TPSA) is 35.5 Å². The molecule has 1 aliphatic carbocycles. The molecule has 3 fully saturated rings. The first-order valence-electron chi connectivity index (χ1n) is 6.45. The molecule has 0 spiro atoms. The summed E-state index contributed by atoms with van der Waals surface area (Å²) in [6.07, 6.45) is 5.94. The first kappa shape index (κ1) is 12.6. The van der Waals surface area contributed by atoms with Crippen LogP contribution in [-0.4, -0.2) is 47.8 Å². The zero-order valence-corrected chi connectivity index (χ0v) is 10.6. The second-order valence-electron chi connectivity index (χ2n) is 5.56. The van der Waals surface area contributed by atoms with Crippen molar-refractivity contribution >= 4 is 12.4 Å². The van der Waals surface area contributed by atoms with Crippen LogP contribution in [0.3, 0.4) is 0 Å². The molecule has 3 aliphatic rings. The van der Waals surface area contributed by atoms with Crippen molar-refractivity contribution in [2.24, 2.45) is 5.92 Å². The van der Waals surface area contributed by atoms with Crippen LogP contribution in [0.4, 0.5) is 0 Å². The molecule has 3 rings (SSSR count). The molecule has 94 valence electrons. The summed E-state index contributed by atoms with van der Waals surface area (Å²) in [5, 5.41) is 14.0. The van der Waals surface area contributed by atoms with Crippen LogP contribution in [0.1, 0.15) is 32.1 Å². The summed E-state index contributed by atoms with van der Waals surface area (Å²) in [7, 11) is 0. The Bertz CT molecular complexity index is 231. The van der Waals surface area contributed by atoms with Crippen molar-refractivity contribution in [3.8, 4) is 0 Å². The second kappa shape index (κ2) is 4.81. The molecule has 2 saturated heterocycles. The van der Waals surface area contributed by atoms with E-state index in [4.69, 9.17) is 0 Å². The molecule has 0 radical (unpaired) electrons. The number of rotatable bonds is 2. The molecular weight excluding hydrogens is 224 g/mol. The molecule has 0 aromatic rings. The van der Waals surface area contributed by atoms with E-state index in [1.54, 1.807) is 0 Å². The largest absolute Gasteiger partial charge is 0.389 e. The van der Waals surface area contributed by atoms with E-state index in [2.05, 4.69) is 10.2 Å². The fourth-order valence-electron chi connectivity index (χ4n) is 3.24. The number of nitrogens with one attached hydrogen (secondary N) is 1. The van der Waals surface area contributed by atoms with Crippen molar-refractivity contribution in [3.05, 3.63) is 0 Å². The van der Waals surface area contributed by atoms with Crippen molar-refractivity contribution in [1.82, 2.24) is 10.2 Å². The van der Waals surface area contributed by atoms with E-state index >= 15 is 0 Å². The van der Waals surface area contributed by atoms with Gasteiger partial charge in [-0.15, -0.1) is 12.4 Å². The van der Waals surface area contributed by atoms with Gasteiger partial charge in [0.1, 0.15) is 0 Å². The van der Waals surface area contributed by atoms with Crippen molar-refractivity contribution in [3.63, 3.8) is 0 Å². The van der Waals surface area contributed by atoms with Gasteiger partial charge in [0, 0.05) is 31.6 Å². The van der Waals surface area contributed by atoms with Gasteiger partial charge >= 0.3 is 0 Å². The van der Waals surface area contributed by atoms with Gasteiger partial charge < -0.3 is 15.3 Å². The maximum atomic E-state index is 10.6. The van der Waals surface area contributed by atoms with E-state index in [1.165, 1.54) is 19.3 Å². The zero-order valence-electron chi connectivity index (χ0n) is 9.82. The maximum absolute atomic E-state index is 10.6. The van der Waals surface area contributed by atoms with E-state index in [9.17, 15) is 5.11 Å². The molecule has 2 N–H and O–H groups in total. The number of nitrogens with zero attached hydrogens (tertiary/aromatic N) is 1. The Hall–Kier alpha value is 0.170. The predicted molar refractivity (Wildman–Crippen MR) is 67.0 cm³/mol. The van der Waals surface area contributed by atoms with Crippen molar-refractivity contribution in [1.29, 1.82) is 0 Å². The normalized spacial score (nSPS) is 34.7. The Morgan fingerprint density at radius 2 is 1.81 bits per heavy atom. The lowest BCUT2D eigenvalue weighted by Crippen LogP contribution is -2.49. The Morgan fingerprint density at radius 3 is 2.31 bits per heavy atom. The number of halogens is 1. The van der Waals surface area contributed by atoms with Crippen LogP contribution in [0.2, 0.25) is 0 Å². The SMILES string of the molecule is Cl.OC1(C2CCNC2)CCN(C2CC2)CC1. The van der Waals surface area contributed by atoms with Gasteiger partial charge in [-0.3, -0.25) is 0 Å². The standard InChI is InChI=1S/C12H22N2O.ClH/c15-12(10-3-6-13-9-10)4-7-14(8-5-12)11-1-2-11;/h10-11,13,15H,1-9H2;1H. The van der Waals surface area contributed by atoms with E-state index in [-0.39, 0.29) is 18.0 Å². The smallest absolute Gasteiger partial charge is 0.0712 e. The highest BCUT2D eigenvalue weighted by molar-refractivity contribution is 5.85. The highest BCUT2D eigenvalue weighted by Crippen LogP contribution is 2.37. The molecule has 0 aromatic heterocycles. The van der Waals surface area contributed by atoms with Crippen LogP contribution in [0.25, 0.3) is 0 Å². The lowest BCUT2D eigenvalue weighted by Gasteiger charge is -2.41. The van der Waals surface area contributed by atoms with Gasteiger partial charge in [-0.25, -0.2) is 0 Å². The van der Waals surface area contributed by atoms with Crippen LogP contribution in [-0.2, 0) is 0 Å². The third-order valence-corrected chi connectivity index (χ3v) is 4.55. The third kappa shape index (κ3) is 2.37. The maximum Gasteiger partial charge on any atom is 0.0712 e. The summed E-state index contributed by atoms with van der Waals surface area (Å²) in [5.74, 6) is 0.513. The molecule has 0 amide bonds. The summed E-state index contributed by atoms with van der Waals surface area (Å²) >= 11 is 0. The Labute approximate surface area is 104 Å². The fraction of sp³-hybridized carbons (Fsp3) is 1.00. The number of hydrogen-bond donors (Lipinski definition) is 2. The summed E-state index contributed by atoms with van der Waals surface area (Å²) in [5.41, 5.74) is -0.352. The minimum Gasteiger partial charge on any atom is -0.389 e. The van der Waals surface area contributed by atoms with Crippen LogP contribution >= 0.6 is 12.4 Å². The summed E-state index contributed by atoms with van der Waals surface area (Å²) in [6, 6.07) is 0.872. The zero-order chi connectivity index (χ0) is 10.3. The van der Waals surface area contributed by atoms with E-state index < -0.39 is 0 Å². The highest BCUT2D eigenvalue weighted by Gasteiger charge is 2.43. The van der Waals surface area contributed by atoms with Crippen molar-refractivity contribution in [2.75, 3.05) is 26.2 Å². The quantitative estimate of drug-likeness (QED) is 0.764. The molecule has 4 heteroatoms. The van der Waals surface area contributed by atoms with Crippen molar-refractivity contribution in [2.45, 2.75) is 43.7 Å². The third-order valence-electron chi connectivity index (χ3n) is 4.55. The Morgan fingerprint density at radius 1 is 1.12 bits per heavy atom. The highest BCUT2D eigenvalue weighted by atomic mass is 35.5. The van der Waals surface area contributed by atoms with E-state index in [0.717, 1.165) is 45.1 Å². The van der Waals surface area contributed by atoms with Gasteiger partial charge in [-0.2, -0.15) is 0 Å².